The molecule has 0 heterocycles. The number of carbonyl (C=O) groups excluding carboxylic acids is 2. The van der Waals surface area contributed by atoms with Gasteiger partial charge in [0.1, 0.15) is 6.54 Å². The predicted octanol–water partition coefficient (Wildman–Crippen LogP) is 2.51. The van der Waals surface area contributed by atoms with E-state index < -0.39 is 17.8 Å². The van der Waals surface area contributed by atoms with Gasteiger partial charge in [0.2, 0.25) is 5.91 Å². The Hall–Kier alpha value is -2.87. The molecule has 0 radical (unpaired) electrons. The third kappa shape index (κ3) is 6.59. The molecular formula is C22H27F3N3O2+. The van der Waals surface area contributed by atoms with E-state index in [0.29, 0.717) is 17.8 Å². The Kier molecular flexibility index (Phi) is 7.61. The number of nitrogens with zero attached hydrogens (tertiary/aromatic N) is 1. The van der Waals surface area contributed by atoms with E-state index in [9.17, 15) is 22.8 Å². The predicted molar refractivity (Wildman–Crippen MR) is 109 cm³/mol. The van der Waals surface area contributed by atoms with Gasteiger partial charge in [-0.25, -0.2) is 0 Å². The highest BCUT2D eigenvalue weighted by molar-refractivity contribution is 5.94. The van der Waals surface area contributed by atoms with Crippen LogP contribution in [0.4, 0.5) is 18.9 Å². The summed E-state index contributed by atoms with van der Waals surface area (Å²) in [5.74, 6) is -0.527. The van der Waals surface area contributed by atoms with Gasteiger partial charge < -0.3 is 15.1 Å². The lowest BCUT2D eigenvalue weighted by molar-refractivity contribution is -0.908. The number of benzene rings is 2. The van der Waals surface area contributed by atoms with Gasteiger partial charge in [0.15, 0.2) is 6.04 Å². The average molecular weight is 422 g/mol. The summed E-state index contributed by atoms with van der Waals surface area (Å²) in [5, 5.41) is 2.75. The van der Waals surface area contributed by atoms with Crippen molar-refractivity contribution in [3.63, 3.8) is 0 Å². The van der Waals surface area contributed by atoms with E-state index in [1.807, 2.05) is 19.1 Å². The minimum absolute atomic E-state index is 0.0926. The van der Waals surface area contributed by atoms with E-state index in [2.05, 4.69) is 5.32 Å². The summed E-state index contributed by atoms with van der Waals surface area (Å²) in [4.78, 5) is 27.0. The number of amides is 2. The second kappa shape index (κ2) is 9.75. The van der Waals surface area contributed by atoms with E-state index in [0.717, 1.165) is 22.6 Å². The lowest BCUT2D eigenvalue weighted by Crippen LogP contribution is -3.12. The van der Waals surface area contributed by atoms with Crippen molar-refractivity contribution in [3.05, 3.63) is 65.2 Å². The third-order valence-corrected chi connectivity index (χ3v) is 4.97. The fraction of sp³-hybridized carbons (Fsp3) is 0.364. The molecule has 0 spiro atoms. The van der Waals surface area contributed by atoms with Crippen molar-refractivity contribution in [1.29, 1.82) is 0 Å². The second-order valence-corrected chi connectivity index (χ2v) is 7.55. The number of aryl methyl sites for hydroxylation is 1. The molecule has 0 aromatic heterocycles. The number of hydrogen-bond donors (Lipinski definition) is 2. The molecule has 0 fully saturated rings. The van der Waals surface area contributed by atoms with Crippen LogP contribution in [0.25, 0.3) is 0 Å². The van der Waals surface area contributed by atoms with Crippen LogP contribution in [0.2, 0.25) is 0 Å². The number of carbonyl (C=O) groups is 2. The molecule has 8 heteroatoms. The number of anilines is 1. The number of likely N-dealkylation sites (N-methyl/N-ethyl adjacent to an activating group) is 2. The molecule has 30 heavy (non-hydrogen) atoms. The standard InChI is InChI=1S/C22H26F3N3O2/c1-15-5-11-19(12-6-15)26-20(29)14-28(4)21(30)16(2)27(3)13-17-7-9-18(10-8-17)22(23,24)25/h5-12,16H,13-14H2,1-4H3,(H,26,29)/p+1/t16-/m1/s1. The SMILES string of the molecule is Cc1ccc(NC(=O)CN(C)C(=O)[C@@H](C)[NH+](C)Cc2ccc(C(F)(F)F)cc2)cc1. The van der Waals surface area contributed by atoms with Crippen molar-refractivity contribution in [3.8, 4) is 0 Å². The van der Waals surface area contributed by atoms with Crippen molar-refractivity contribution >= 4 is 17.5 Å². The van der Waals surface area contributed by atoms with Crippen LogP contribution in [0.1, 0.15) is 23.6 Å². The highest BCUT2D eigenvalue weighted by Crippen LogP contribution is 2.28. The van der Waals surface area contributed by atoms with Crippen LogP contribution in [0.5, 0.6) is 0 Å². The highest BCUT2D eigenvalue weighted by atomic mass is 19.4. The molecule has 0 aliphatic carbocycles. The van der Waals surface area contributed by atoms with E-state index in [4.69, 9.17) is 0 Å². The molecular weight excluding hydrogens is 395 g/mol. The topological polar surface area (TPSA) is 53.9 Å². The van der Waals surface area contributed by atoms with Gasteiger partial charge in [0.05, 0.1) is 19.2 Å². The van der Waals surface area contributed by atoms with Crippen molar-refractivity contribution in [1.82, 2.24) is 4.90 Å². The van der Waals surface area contributed by atoms with Gasteiger partial charge in [-0.2, -0.15) is 13.2 Å². The summed E-state index contributed by atoms with van der Waals surface area (Å²) in [6, 6.07) is 11.8. The highest BCUT2D eigenvalue weighted by Gasteiger charge is 2.30. The third-order valence-electron chi connectivity index (χ3n) is 4.97. The Morgan fingerprint density at radius 2 is 1.63 bits per heavy atom. The second-order valence-electron chi connectivity index (χ2n) is 7.55. The first kappa shape index (κ1) is 23.4. The zero-order valence-electron chi connectivity index (χ0n) is 17.5. The largest absolute Gasteiger partial charge is 0.416 e. The smallest absolute Gasteiger partial charge is 0.331 e. The van der Waals surface area contributed by atoms with Crippen molar-refractivity contribution in [2.24, 2.45) is 0 Å². The maximum Gasteiger partial charge on any atom is 0.416 e. The van der Waals surface area contributed by atoms with Crippen molar-refractivity contribution < 1.29 is 27.7 Å². The monoisotopic (exact) mass is 422 g/mol. The fourth-order valence-corrected chi connectivity index (χ4v) is 2.96. The van der Waals surface area contributed by atoms with Crippen LogP contribution >= 0.6 is 0 Å². The van der Waals surface area contributed by atoms with Gasteiger partial charge in [-0.15, -0.1) is 0 Å². The molecule has 5 nitrogen and oxygen atoms in total. The normalized spacial score (nSPS) is 13.4. The summed E-state index contributed by atoms with van der Waals surface area (Å²) < 4.78 is 38.0. The first-order valence-corrected chi connectivity index (χ1v) is 9.57. The minimum atomic E-state index is -4.37. The Morgan fingerprint density at radius 1 is 1.07 bits per heavy atom. The molecule has 2 aromatic carbocycles. The molecule has 2 amide bonds. The molecule has 2 rings (SSSR count). The molecule has 2 aromatic rings. The number of rotatable bonds is 7. The van der Waals surface area contributed by atoms with Gasteiger partial charge in [0.25, 0.3) is 5.91 Å². The van der Waals surface area contributed by atoms with Crippen molar-refractivity contribution in [2.45, 2.75) is 32.6 Å². The molecule has 1 unspecified atom stereocenters. The van der Waals surface area contributed by atoms with Crippen LogP contribution in [0.3, 0.4) is 0 Å². The molecule has 2 atom stereocenters. The van der Waals surface area contributed by atoms with Crippen molar-refractivity contribution in [2.75, 3.05) is 26.0 Å². The Bertz CT molecular complexity index is 865. The number of alkyl halides is 3. The first-order valence-electron chi connectivity index (χ1n) is 9.57. The van der Waals surface area contributed by atoms with Gasteiger partial charge in [-0.3, -0.25) is 9.59 Å². The molecule has 2 N–H and O–H groups in total. The lowest BCUT2D eigenvalue weighted by atomic mass is 10.1. The Balaban J connectivity index is 1.89. The summed E-state index contributed by atoms with van der Waals surface area (Å²) in [7, 11) is 3.35. The number of nitrogens with one attached hydrogen (secondary N) is 2. The lowest BCUT2D eigenvalue weighted by Gasteiger charge is -2.25. The Labute approximate surface area is 174 Å². The maximum absolute atomic E-state index is 12.7. The molecule has 0 aliphatic rings. The quantitative estimate of drug-likeness (QED) is 0.721. The summed E-state index contributed by atoms with van der Waals surface area (Å²) in [6.07, 6.45) is -4.37. The number of halogens is 3. The van der Waals surface area contributed by atoms with Crippen LogP contribution < -0.4 is 10.2 Å². The molecule has 0 bridgehead atoms. The van der Waals surface area contributed by atoms with Crippen LogP contribution in [-0.2, 0) is 22.3 Å². The minimum Gasteiger partial charge on any atom is -0.331 e. The summed E-state index contributed by atoms with van der Waals surface area (Å²) in [5.41, 5.74) is 1.73. The first-order chi connectivity index (χ1) is 14.0. The summed E-state index contributed by atoms with van der Waals surface area (Å²) in [6.45, 7) is 3.97. The molecule has 0 aliphatic heterocycles. The van der Waals surface area contributed by atoms with E-state index in [1.165, 1.54) is 17.0 Å². The van der Waals surface area contributed by atoms with Gasteiger partial charge in [-0.05, 0) is 38.1 Å². The van der Waals surface area contributed by atoms with Gasteiger partial charge in [0, 0.05) is 18.3 Å². The van der Waals surface area contributed by atoms with Crippen LogP contribution in [-0.4, -0.2) is 43.4 Å². The summed E-state index contributed by atoms with van der Waals surface area (Å²) >= 11 is 0. The average Bonchev–Trinajstić information content (AvgIpc) is 2.68. The van der Waals surface area contributed by atoms with E-state index in [-0.39, 0.29) is 18.4 Å². The maximum atomic E-state index is 12.7. The number of quaternary nitrogens is 1. The fourth-order valence-electron chi connectivity index (χ4n) is 2.96. The van der Waals surface area contributed by atoms with E-state index >= 15 is 0 Å². The zero-order chi connectivity index (χ0) is 22.5. The molecule has 0 saturated carbocycles. The zero-order valence-corrected chi connectivity index (χ0v) is 17.5. The van der Waals surface area contributed by atoms with Gasteiger partial charge >= 0.3 is 6.18 Å². The van der Waals surface area contributed by atoms with Crippen LogP contribution in [0.15, 0.2) is 48.5 Å². The number of hydrogen-bond acceptors (Lipinski definition) is 2. The van der Waals surface area contributed by atoms with E-state index in [1.54, 1.807) is 33.2 Å². The molecule has 162 valence electrons. The molecule has 0 saturated heterocycles. The van der Waals surface area contributed by atoms with Crippen LogP contribution in [0, 0.1) is 6.92 Å². The van der Waals surface area contributed by atoms with Gasteiger partial charge in [-0.1, -0.05) is 29.8 Å². The Morgan fingerprint density at radius 3 is 2.17 bits per heavy atom.